The summed E-state index contributed by atoms with van der Waals surface area (Å²) in [7, 11) is 0. The van der Waals surface area contributed by atoms with Gasteiger partial charge in [0.05, 0.1) is 23.2 Å². The zero-order valence-corrected chi connectivity index (χ0v) is 19.8. The van der Waals surface area contributed by atoms with Crippen molar-refractivity contribution >= 4 is 17.8 Å². The van der Waals surface area contributed by atoms with Crippen LogP contribution in [0.5, 0.6) is 0 Å². The molecule has 0 radical (unpaired) electrons. The van der Waals surface area contributed by atoms with Crippen molar-refractivity contribution in [2.45, 2.75) is 51.1 Å². The van der Waals surface area contributed by atoms with Crippen LogP contribution < -0.4 is 10.6 Å². The minimum absolute atomic E-state index is 0.0645. The zero-order chi connectivity index (χ0) is 27.9. The highest BCUT2D eigenvalue weighted by Crippen LogP contribution is 2.41. The summed E-state index contributed by atoms with van der Waals surface area (Å²) in [5, 5.41) is 14.3. The smallest absolute Gasteiger partial charge is 0.416 e. The molecule has 0 aliphatic carbocycles. The van der Waals surface area contributed by atoms with E-state index in [-0.39, 0.29) is 12.6 Å². The van der Waals surface area contributed by atoms with Crippen LogP contribution in [0.25, 0.3) is 0 Å². The zero-order valence-electron chi connectivity index (χ0n) is 19.8. The van der Waals surface area contributed by atoms with E-state index in [9.17, 15) is 45.4 Å². The molecule has 3 atom stereocenters. The average Bonchev–Trinajstić information content (AvgIpc) is 3.12. The van der Waals surface area contributed by atoms with E-state index < -0.39 is 70.5 Å². The molecule has 2 aromatic carbocycles. The maximum absolute atomic E-state index is 13.5. The Morgan fingerprint density at radius 2 is 1.43 bits per heavy atom. The molecule has 202 valence electrons. The van der Waals surface area contributed by atoms with Crippen molar-refractivity contribution in [1.82, 2.24) is 10.2 Å². The Hall–Kier alpha value is -3.51. The van der Waals surface area contributed by atoms with Gasteiger partial charge in [0.1, 0.15) is 5.82 Å². The van der Waals surface area contributed by atoms with Gasteiger partial charge >= 0.3 is 24.5 Å². The molecule has 0 saturated carbocycles. The summed E-state index contributed by atoms with van der Waals surface area (Å²) in [6.07, 6.45) is -11.5. The first-order chi connectivity index (χ1) is 16.9. The molecule has 13 heteroatoms. The summed E-state index contributed by atoms with van der Waals surface area (Å²) in [6, 6.07) is 2.90. The topological polar surface area (TPSA) is 81.7 Å². The maximum Gasteiger partial charge on any atom is 0.416 e. The van der Waals surface area contributed by atoms with Crippen molar-refractivity contribution in [2.24, 2.45) is 5.41 Å². The number of hydrogen-bond donors (Lipinski definition) is 3. The van der Waals surface area contributed by atoms with Crippen molar-refractivity contribution in [1.29, 1.82) is 0 Å². The van der Waals surface area contributed by atoms with Gasteiger partial charge in [-0.25, -0.2) is 14.0 Å². The van der Waals surface area contributed by atoms with Gasteiger partial charge in [-0.05, 0) is 41.3 Å². The highest BCUT2D eigenvalue weighted by molar-refractivity contribution is 5.90. The summed E-state index contributed by atoms with van der Waals surface area (Å²) in [5.41, 5.74) is -4.22. The van der Waals surface area contributed by atoms with E-state index in [1.807, 2.05) is 5.32 Å². The molecule has 1 unspecified atom stereocenters. The summed E-state index contributed by atoms with van der Waals surface area (Å²) < 4.78 is 92.6. The van der Waals surface area contributed by atoms with Crippen LogP contribution in [-0.2, 0) is 12.4 Å². The molecule has 0 bridgehead atoms. The maximum atomic E-state index is 13.5. The monoisotopic (exact) mass is 535 g/mol. The predicted molar refractivity (Wildman–Crippen MR) is 120 cm³/mol. The molecule has 3 rings (SSSR count). The number of nitrogens with one attached hydrogen (secondary N) is 2. The van der Waals surface area contributed by atoms with Crippen molar-refractivity contribution in [3.05, 3.63) is 65.0 Å². The second-order valence-electron chi connectivity index (χ2n) is 9.82. The fraction of sp³-hybridized carbons (Fsp3) is 0.417. The Morgan fingerprint density at radius 3 is 1.86 bits per heavy atom. The van der Waals surface area contributed by atoms with E-state index in [2.05, 4.69) is 5.32 Å². The lowest BCUT2D eigenvalue weighted by Crippen LogP contribution is -2.54. The number of anilines is 1. The van der Waals surface area contributed by atoms with Crippen LogP contribution in [0, 0.1) is 11.2 Å². The van der Waals surface area contributed by atoms with Crippen molar-refractivity contribution < 1.29 is 45.4 Å². The third-order valence-electron chi connectivity index (χ3n) is 6.08. The van der Waals surface area contributed by atoms with Gasteiger partial charge in [0.25, 0.3) is 0 Å². The largest absolute Gasteiger partial charge is 0.465 e. The molecular formula is C24H24F7N3O3. The van der Waals surface area contributed by atoms with Crippen LogP contribution >= 0.6 is 0 Å². The van der Waals surface area contributed by atoms with Crippen LogP contribution in [0.15, 0.2) is 42.5 Å². The number of amides is 3. The molecule has 1 fully saturated rings. The van der Waals surface area contributed by atoms with Crippen LogP contribution in [-0.4, -0.2) is 40.8 Å². The second-order valence-corrected chi connectivity index (χ2v) is 9.82. The van der Waals surface area contributed by atoms with Crippen molar-refractivity contribution in [3.8, 4) is 0 Å². The number of halogens is 7. The Bertz CT molecular complexity index is 1130. The van der Waals surface area contributed by atoms with E-state index in [1.165, 1.54) is 12.1 Å². The van der Waals surface area contributed by atoms with Gasteiger partial charge in [-0.3, -0.25) is 0 Å². The molecule has 3 N–H and O–H groups in total. The number of urea groups is 1. The van der Waals surface area contributed by atoms with Gasteiger partial charge in [0, 0.05) is 18.2 Å². The fourth-order valence-corrected chi connectivity index (χ4v) is 4.60. The van der Waals surface area contributed by atoms with Gasteiger partial charge in [-0.2, -0.15) is 26.3 Å². The number of rotatable bonds is 3. The molecule has 1 saturated heterocycles. The minimum Gasteiger partial charge on any atom is -0.465 e. The third kappa shape index (κ3) is 6.44. The summed E-state index contributed by atoms with van der Waals surface area (Å²) in [4.78, 5) is 26.0. The minimum atomic E-state index is -5.10. The van der Waals surface area contributed by atoms with Crippen molar-refractivity contribution in [2.75, 3.05) is 11.9 Å². The van der Waals surface area contributed by atoms with E-state index >= 15 is 0 Å². The lowest BCUT2D eigenvalue weighted by Gasteiger charge is -2.37. The normalized spacial score (nSPS) is 20.6. The number of likely N-dealkylation sites (tertiary alicyclic amines) is 1. The molecule has 6 nitrogen and oxygen atoms in total. The van der Waals surface area contributed by atoms with E-state index in [0.29, 0.717) is 17.7 Å². The predicted octanol–water partition coefficient (Wildman–Crippen LogP) is 6.55. The Morgan fingerprint density at radius 1 is 0.919 bits per heavy atom. The first kappa shape index (κ1) is 28.1. The van der Waals surface area contributed by atoms with Crippen molar-refractivity contribution in [3.63, 3.8) is 0 Å². The number of carbonyl (C=O) groups is 2. The quantitative estimate of drug-likeness (QED) is 0.390. The molecule has 3 amide bonds. The van der Waals surface area contributed by atoms with Gasteiger partial charge in [-0.15, -0.1) is 0 Å². The SMILES string of the molecule is CC(C)(C)C1[C@@H](NC(=O)Nc2cc(C(F)(F)F)cc(C(F)(F)F)c2)[C@H](c2ccc(F)cc2)CN1C(=O)O. The molecule has 1 aliphatic heterocycles. The first-order valence-corrected chi connectivity index (χ1v) is 11.0. The van der Waals surface area contributed by atoms with Gasteiger partial charge in [0.15, 0.2) is 0 Å². The van der Waals surface area contributed by atoms with Crippen LogP contribution in [0.2, 0.25) is 0 Å². The number of carbonyl (C=O) groups excluding carboxylic acids is 1. The molecule has 0 spiro atoms. The van der Waals surface area contributed by atoms with E-state index in [0.717, 1.165) is 17.0 Å². The van der Waals surface area contributed by atoms with Gasteiger partial charge in [-0.1, -0.05) is 32.9 Å². The highest BCUT2D eigenvalue weighted by atomic mass is 19.4. The molecular weight excluding hydrogens is 511 g/mol. The van der Waals surface area contributed by atoms with Crippen LogP contribution in [0.3, 0.4) is 0 Å². The van der Waals surface area contributed by atoms with E-state index in [1.54, 1.807) is 20.8 Å². The average molecular weight is 535 g/mol. The Kier molecular flexibility index (Phi) is 7.39. The highest BCUT2D eigenvalue weighted by Gasteiger charge is 2.50. The molecule has 1 aliphatic rings. The number of hydrogen-bond acceptors (Lipinski definition) is 2. The first-order valence-electron chi connectivity index (χ1n) is 11.0. The molecule has 37 heavy (non-hydrogen) atoms. The van der Waals surface area contributed by atoms with Gasteiger partial charge in [0.2, 0.25) is 0 Å². The Balaban J connectivity index is 1.97. The number of alkyl halides is 6. The van der Waals surface area contributed by atoms with Crippen LogP contribution in [0.4, 0.5) is 46.0 Å². The van der Waals surface area contributed by atoms with Crippen LogP contribution in [0.1, 0.15) is 43.4 Å². The number of benzene rings is 2. The van der Waals surface area contributed by atoms with E-state index in [4.69, 9.17) is 0 Å². The third-order valence-corrected chi connectivity index (χ3v) is 6.08. The summed E-state index contributed by atoms with van der Waals surface area (Å²) in [6.45, 7) is 5.07. The standard InChI is InChI=1S/C24H24F7N3O3/c1-22(2,3)19-18(17(11-34(19)21(36)37)12-4-6-15(25)7-5-12)33-20(35)32-16-9-13(23(26,27)28)8-14(10-16)24(29,30)31/h4-10,17-19H,11H2,1-3H3,(H,36,37)(H2,32,33,35)/t17-,18-,19?/m0/s1. The summed E-state index contributed by atoms with van der Waals surface area (Å²) >= 11 is 0. The lowest BCUT2D eigenvalue weighted by molar-refractivity contribution is -0.143. The second kappa shape index (κ2) is 9.75. The number of carboxylic acid groups (broad SMARTS) is 1. The molecule has 0 aromatic heterocycles. The Labute approximate surface area is 207 Å². The fourth-order valence-electron chi connectivity index (χ4n) is 4.60. The lowest BCUT2D eigenvalue weighted by atomic mass is 9.79. The molecule has 2 aromatic rings. The summed E-state index contributed by atoms with van der Waals surface area (Å²) in [5.74, 6) is -1.23. The molecule has 1 heterocycles. The number of nitrogens with zero attached hydrogens (tertiary/aromatic N) is 1. The van der Waals surface area contributed by atoms with Gasteiger partial charge < -0.3 is 20.6 Å².